The molecule has 1 aliphatic heterocycles. The molecule has 0 aliphatic carbocycles. The number of amides is 1. The highest BCUT2D eigenvalue weighted by Gasteiger charge is 2.34. The molecule has 0 aromatic carbocycles. The molecule has 70 valence electrons. The summed E-state index contributed by atoms with van der Waals surface area (Å²) in [6.07, 6.45) is 1.45. The standard InChI is InChI=1S/C9H19N2O/c1-8-10(9(2)12)6-5-7-11(8,3)4/h8H,5-7H2,1-4H3/q+1. The van der Waals surface area contributed by atoms with Gasteiger partial charge >= 0.3 is 0 Å². The molecule has 1 amide bonds. The lowest BCUT2D eigenvalue weighted by atomic mass is 10.2. The first-order valence-corrected chi connectivity index (χ1v) is 4.55. The first kappa shape index (κ1) is 9.52. The van der Waals surface area contributed by atoms with Crippen LogP contribution in [0.1, 0.15) is 20.3 Å². The Balaban J connectivity index is 2.73. The van der Waals surface area contributed by atoms with Crippen molar-refractivity contribution in [1.82, 2.24) is 4.90 Å². The van der Waals surface area contributed by atoms with E-state index < -0.39 is 0 Å². The Morgan fingerprint density at radius 2 is 2.08 bits per heavy atom. The van der Waals surface area contributed by atoms with Crippen molar-refractivity contribution in [3.63, 3.8) is 0 Å². The van der Waals surface area contributed by atoms with Crippen molar-refractivity contribution in [3.8, 4) is 0 Å². The molecule has 1 aliphatic rings. The lowest BCUT2D eigenvalue weighted by molar-refractivity contribution is -0.928. The van der Waals surface area contributed by atoms with E-state index in [-0.39, 0.29) is 5.91 Å². The molecule has 3 heteroatoms. The average molecular weight is 171 g/mol. The smallest absolute Gasteiger partial charge is 0.223 e. The van der Waals surface area contributed by atoms with Gasteiger partial charge in [0, 0.05) is 26.8 Å². The summed E-state index contributed by atoms with van der Waals surface area (Å²) in [7, 11) is 4.36. The molecular weight excluding hydrogens is 152 g/mol. The van der Waals surface area contributed by atoms with Gasteiger partial charge in [-0.2, -0.15) is 0 Å². The molecule has 0 N–H and O–H groups in total. The Labute approximate surface area is 74.5 Å². The van der Waals surface area contributed by atoms with Crippen LogP contribution in [0.15, 0.2) is 0 Å². The molecule has 0 aromatic heterocycles. The monoisotopic (exact) mass is 171 g/mol. The SMILES string of the molecule is CC(=O)N1CCC[N+](C)(C)C1C. The maximum atomic E-state index is 11.2. The highest BCUT2D eigenvalue weighted by atomic mass is 16.2. The van der Waals surface area contributed by atoms with Gasteiger partial charge < -0.3 is 4.48 Å². The van der Waals surface area contributed by atoms with E-state index in [0.717, 1.165) is 17.4 Å². The van der Waals surface area contributed by atoms with Gasteiger partial charge in [0.25, 0.3) is 0 Å². The molecule has 1 rings (SSSR count). The molecule has 1 unspecified atom stereocenters. The molecule has 0 saturated carbocycles. The van der Waals surface area contributed by atoms with E-state index in [4.69, 9.17) is 0 Å². The number of rotatable bonds is 0. The summed E-state index contributed by atoms with van der Waals surface area (Å²) in [4.78, 5) is 13.2. The summed E-state index contributed by atoms with van der Waals surface area (Å²) in [5.74, 6) is 0.202. The van der Waals surface area contributed by atoms with Crippen molar-refractivity contribution >= 4 is 5.91 Å². The minimum atomic E-state index is 0.202. The third kappa shape index (κ3) is 1.61. The molecule has 0 bridgehead atoms. The average Bonchev–Trinajstić information content (AvgIpc) is 1.94. The van der Waals surface area contributed by atoms with Crippen LogP contribution in [0.25, 0.3) is 0 Å². The highest BCUT2D eigenvalue weighted by molar-refractivity contribution is 5.73. The van der Waals surface area contributed by atoms with Gasteiger partial charge in [-0.1, -0.05) is 0 Å². The summed E-state index contributed by atoms with van der Waals surface area (Å²) in [5, 5.41) is 0. The Morgan fingerprint density at radius 3 is 2.50 bits per heavy atom. The van der Waals surface area contributed by atoms with E-state index in [9.17, 15) is 4.79 Å². The Bertz CT molecular complexity index is 189. The zero-order chi connectivity index (χ0) is 9.35. The summed E-state index contributed by atoms with van der Waals surface area (Å²) in [6.45, 7) is 5.88. The van der Waals surface area contributed by atoms with E-state index in [2.05, 4.69) is 21.0 Å². The van der Waals surface area contributed by atoms with Crippen molar-refractivity contribution in [2.45, 2.75) is 26.4 Å². The largest absolute Gasteiger partial charge is 0.309 e. The maximum absolute atomic E-state index is 11.2. The topological polar surface area (TPSA) is 20.3 Å². The predicted molar refractivity (Wildman–Crippen MR) is 48.4 cm³/mol. The fourth-order valence-electron chi connectivity index (χ4n) is 1.82. The van der Waals surface area contributed by atoms with Crippen LogP contribution in [-0.2, 0) is 4.79 Å². The van der Waals surface area contributed by atoms with Crippen molar-refractivity contribution in [2.75, 3.05) is 27.2 Å². The highest BCUT2D eigenvalue weighted by Crippen LogP contribution is 2.18. The van der Waals surface area contributed by atoms with Crippen LogP contribution in [0.3, 0.4) is 0 Å². The number of carbonyl (C=O) groups is 1. The molecule has 1 saturated heterocycles. The van der Waals surface area contributed by atoms with Gasteiger partial charge in [0.15, 0.2) is 6.17 Å². The summed E-state index contributed by atoms with van der Waals surface area (Å²) in [6, 6.07) is 0. The van der Waals surface area contributed by atoms with Crippen molar-refractivity contribution in [2.24, 2.45) is 0 Å². The zero-order valence-electron chi connectivity index (χ0n) is 8.50. The van der Waals surface area contributed by atoms with Gasteiger partial charge in [-0.15, -0.1) is 0 Å². The van der Waals surface area contributed by atoms with Crippen LogP contribution >= 0.6 is 0 Å². The number of carbonyl (C=O) groups excluding carboxylic acids is 1. The maximum Gasteiger partial charge on any atom is 0.223 e. The molecule has 1 heterocycles. The molecule has 1 fully saturated rings. The van der Waals surface area contributed by atoms with E-state index in [1.54, 1.807) is 6.92 Å². The van der Waals surface area contributed by atoms with E-state index in [1.165, 1.54) is 6.54 Å². The summed E-state index contributed by atoms with van der Waals surface area (Å²) < 4.78 is 0.930. The first-order valence-electron chi connectivity index (χ1n) is 4.55. The molecule has 0 aromatic rings. The Hall–Kier alpha value is -0.570. The quantitative estimate of drug-likeness (QED) is 0.490. The van der Waals surface area contributed by atoms with Crippen LogP contribution in [-0.4, -0.2) is 48.6 Å². The number of nitrogens with zero attached hydrogens (tertiary/aromatic N) is 2. The molecule has 1 atom stereocenters. The van der Waals surface area contributed by atoms with Crippen LogP contribution < -0.4 is 0 Å². The molecular formula is C9H19N2O+. The van der Waals surface area contributed by atoms with Crippen molar-refractivity contribution in [1.29, 1.82) is 0 Å². The van der Waals surface area contributed by atoms with Crippen LogP contribution in [0.5, 0.6) is 0 Å². The number of quaternary nitrogens is 1. The Morgan fingerprint density at radius 1 is 1.50 bits per heavy atom. The van der Waals surface area contributed by atoms with Gasteiger partial charge in [0.05, 0.1) is 20.6 Å². The van der Waals surface area contributed by atoms with Gasteiger partial charge in [0.1, 0.15) is 0 Å². The minimum Gasteiger partial charge on any atom is -0.309 e. The third-order valence-electron chi connectivity index (χ3n) is 3.00. The van der Waals surface area contributed by atoms with Gasteiger partial charge in [-0.25, -0.2) is 0 Å². The van der Waals surface area contributed by atoms with Gasteiger partial charge in [0.2, 0.25) is 5.91 Å². The number of hydrogen-bond acceptors (Lipinski definition) is 1. The lowest BCUT2D eigenvalue weighted by Crippen LogP contribution is -2.61. The normalized spacial score (nSPS) is 28.7. The van der Waals surface area contributed by atoms with E-state index in [0.29, 0.717) is 6.17 Å². The minimum absolute atomic E-state index is 0.202. The first-order chi connectivity index (χ1) is 5.45. The second-order valence-electron chi connectivity index (χ2n) is 4.20. The van der Waals surface area contributed by atoms with Gasteiger partial charge in [-0.05, 0) is 0 Å². The van der Waals surface area contributed by atoms with Crippen LogP contribution in [0.2, 0.25) is 0 Å². The third-order valence-corrected chi connectivity index (χ3v) is 3.00. The van der Waals surface area contributed by atoms with Crippen LogP contribution in [0.4, 0.5) is 0 Å². The fraction of sp³-hybridized carbons (Fsp3) is 0.889. The van der Waals surface area contributed by atoms with Crippen molar-refractivity contribution in [3.05, 3.63) is 0 Å². The zero-order valence-corrected chi connectivity index (χ0v) is 8.50. The van der Waals surface area contributed by atoms with Crippen LogP contribution in [0, 0.1) is 0 Å². The number of hydrogen-bond donors (Lipinski definition) is 0. The fourth-order valence-corrected chi connectivity index (χ4v) is 1.82. The molecule has 3 nitrogen and oxygen atoms in total. The molecule has 0 radical (unpaired) electrons. The van der Waals surface area contributed by atoms with Crippen molar-refractivity contribution < 1.29 is 9.28 Å². The molecule has 12 heavy (non-hydrogen) atoms. The lowest BCUT2D eigenvalue weighted by Gasteiger charge is -2.45. The summed E-state index contributed by atoms with van der Waals surface area (Å²) in [5.41, 5.74) is 0. The van der Waals surface area contributed by atoms with E-state index in [1.807, 2.05) is 4.90 Å². The summed E-state index contributed by atoms with van der Waals surface area (Å²) >= 11 is 0. The second-order valence-corrected chi connectivity index (χ2v) is 4.20. The van der Waals surface area contributed by atoms with E-state index >= 15 is 0 Å². The predicted octanol–water partition coefficient (Wildman–Crippen LogP) is 0.661. The Kier molecular flexibility index (Phi) is 2.42. The van der Waals surface area contributed by atoms with Gasteiger partial charge in [-0.3, -0.25) is 9.69 Å². The second kappa shape index (κ2) is 3.05. The molecule has 0 spiro atoms.